The molecule has 0 saturated carbocycles. The monoisotopic (exact) mass is 269 g/mol. The fourth-order valence-corrected chi connectivity index (χ4v) is 2.62. The minimum Gasteiger partial charge on any atom is -0.322 e. The molecular weight excluding hydrogens is 250 g/mol. The lowest BCUT2D eigenvalue weighted by Crippen LogP contribution is -2.48. The standard InChI is InChI=1S/C16H19N3O/c1-12-6-7-15(14-5-3-2-4-13(12)14)18-16(20)19-10-8-17-9-11-19/h2-7,17H,8-11H2,1H3,(H,18,20). The highest BCUT2D eigenvalue weighted by Crippen LogP contribution is 2.26. The van der Waals surface area contributed by atoms with Gasteiger partial charge in [0.25, 0.3) is 0 Å². The average molecular weight is 269 g/mol. The highest BCUT2D eigenvalue weighted by molar-refractivity contribution is 6.02. The normalized spacial score (nSPS) is 15.3. The summed E-state index contributed by atoms with van der Waals surface area (Å²) in [5.41, 5.74) is 2.11. The Morgan fingerprint density at radius 1 is 1.10 bits per heavy atom. The molecule has 3 rings (SSSR count). The van der Waals surface area contributed by atoms with Gasteiger partial charge in [-0.15, -0.1) is 0 Å². The largest absolute Gasteiger partial charge is 0.322 e. The Morgan fingerprint density at radius 2 is 1.80 bits per heavy atom. The number of urea groups is 1. The minimum absolute atomic E-state index is 0.0134. The van der Waals surface area contributed by atoms with E-state index in [2.05, 4.69) is 35.8 Å². The number of carbonyl (C=O) groups excluding carboxylic acids is 1. The average Bonchev–Trinajstić information content (AvgIpc) is 2.51. The lowest BCUT2D eigenvalue weighted by molar-refractivity contribution is 0.204. The van der Waals surface area contributed by atoms with E-state index in [1.807, 2.05) is 23.1 Å². The zero-order valence-corrected chi connectivity index (χ0v) is 11.6. The van der Waals surface area contributed by atoms with Gasteiger partial charge in [0.05, 0.1) is 5.69 Å². The third-order valence-corrected chi connectivity index (χ3v) is 3.79. The van der Waals surface area contributed by atoms with Crippen LogP contribution >= 0.6 is 0 Å². The molecule has 1 aliphatic heterocycles. The van der Waals surface area contributed by atoms with Crippen molar-refractivity contribution in [2.24, 2.45) is 0 Å². The molecule has 0 unspecified atom stereocenters. The van der Waals surface area contributed by atoms with Crippen LogP contribution in [0.1, 0.15) is 5.56 Å². The number of rotatable bonds is 1. The Balaban J connectivity index is 1.87. The van der Waals surface area contributed by atoms with Crippen molar-refractivity contribution in [2.75, 3.05) is 31.5 Å². The van der Waals surface area contributed by atoms with Crippen LogP contribution in [0.5, 0.6) is 0 Å². The number of fused-ring (bicyclic) bond motifs is 1. The quantitative estimate of drug-likeness (QED) is 0.835. The van der Waals surface area contributed by atoms with Gasteiger partial charge in [-0.3, -0.25) is 0 Å². The summed E-state index contributed by atoms with van der Waals surface area (Å²) < 4.78 is 0. The number of anilines is 1. The summed E-state index contributed by atoms with van der Waals surface area (Å²) >= 11 is 0. The van der Waals surface area contributed by atoms with Gasteiger partial charge in [0.2, 0.25) is 0 Å². The number of piperazine rings is 1. The van der Waals surface area contributed by atoms with Crippen LogP contribution < -0.4 is 10.6 Å². The number of aryl methyl sites for hydroxylation is 1. The Labute approximate surface area is 118 Å². The summed E-state index contributed by atoms with van der Waals surface area (Å²) in [5.74, 6) is 0. The second kappa shape index (κ2) is 5.51. The maximum absolute atomic E-state index is 12.3. The summed E-state index contributed by atoms with van der Waals surface area (Å²) in [7, 11) is 0. The van der Waals surface area contributed by atoms with Crippen LogP contribution in [0.2, 0.25) is 0 Å². The molecule has 0 aliphatic carbocycles. The molecule has 2 aromatic carbocycles. The zero-order valence-electron chi connectivity index (χ0n) is 11.6. The molecule has 1 fully saturated rings. The van der Waals surface area contributed by atoms with E-state index in [4.69, 9.17) is 0 Å². The first-order chi connectivity index (χ1) is 9.75. The Hall–Kier alpha value is -2.07. The molecule has 2 N–H and O–H groups in total. The maximum atomic E-state index is 12.3. The van der Waals surface area contributed by atoms with Gasteiger partial charge in [0, 0.05) is 31.6 Å². The number of benzene rings is 2. The summed E-state index contributed by atoms with van der Waals surface area (Å²) in [6, 6.07) is 12.2. The number of nitrogens with one attached hydrogen (secondary N) is 2. The summed E-state index contributed by atoms with van der Waals surface area (Å²) in [5, 5.41) is 8.57. The molecule has 0 atom stereocenters. The predicted molar refractivity (Wildman–Crippen MR) is 82.1 cm³/mol. The highest BCUT2D eigenvalue weighted by Gasteiger charge is 2.16. The molecule has 0 radical (unpaired) electrons. The second-order valence-electron chi connectivity index (χ2n) is 5.14. The Kier molecular flexibility index (Phi) is 3.56. The lowest BCUT2D eigenvalue weighted by atomic mass is 10.0. The number of amides is 2. The van der Waals surface area contributed by atoms with Gasteiger partial charge in [0.15, 0.2) is 0 Å². The molecule has 4 nitrogen and oxygen atoms in total. The first-order valence-corrected chi connectivity index (χ1v) is 7.01. The molecule has 0 spiro atoms. The Morgan fingerprint density at radius 3 is 2.55 bits per heavy atom. The van der Waals surface area contributed by atoms with E-state index in [0.717, 1.165) is 37.3 Å². The van der Waals surface area contributed by atoms with Gasteiger partial charge in [-0.25, -0.2) is 4.79 Å². The second-order valence-corrected chi connectivity index (χ2v) is 5.14. The molecular formula is C16H19N3O. The van der Waals surface area contributed by atoms with Crippen LogP contribution in [-0.2, 0) is 0 Å². The zero-order chi connectivity index (χ0) is 13.9. The molecule has 1 aliphatic rings. The third-order valence-electron chi connectivity index (χ3n) is 3.79. The van der Waals surface area contributed by atoms with Crippen LogP contribution in [0, 0.1) is 6.92 Å². The fourth-order valence-electron chi connectivity index (χ4n) is 2.62. The number of hydrogen-bond donors (Lipinski definition) is 2. The fraction of sp³-hybridized carbons (Fsp3) is 0.312. The van der Waals surface area contributed by atoms with Crippen molar-refractivity contribution in [1.82, 2.24) is 10.2 Å². The van der Waals surface area contributed by atoms with E-state index in [-0.39, 0.29) is 6.03 Å². The SMILES string of the molecule is Cc1ccc(NC(=O)N2CCNCC2)c2ccccc12. The first kappa shape index (κ1) is 12.9. The van der Waals surface area contributed by atoms with Gasteiger partial charge in [-0.05, 0) is 23.9 Å². The first-order valence-electron chi connectivity index (χ1n) is 7.01. The number of carbonyl (C=O) groups is 1. The minimum atomic E-state index is -0.0134. The molecule has 20 heavy (non-hydrogen) atoms. The van der Waals surface area contributed by atoms with E-state index in [9.17, 15) is 4.79 Å². The molecule has 104 valence electrons. The van der Waals surface area contributed by atoms with Gasteiger partial charge in [-0.1, -0.05) is 30.3 Å². The topological polar surface area (TPSA) is 44.4 Å². The molecule has 0 aromatic heterocycles. The van der Waals surface area contributed by atoms with Crippen molar-refractivity contribution in [1.29, 1.82) is 0 Å². The molecule has 2 aromatic rings. The molecule has 1 saturated heterocycles. The molecule has 4 heteroatoms. The van der Waals surface area contributed by atoms with Crippen LogP contribution in [0.25, 0.3) is 10.8 Å². The summed E-state index contributed by atoms with van der Waals surface area (Å²) in [6.45, 7) is 5.33. The van der Waals surface area contributed by atoms with E-state index >= 15 is 0 Å². The summed E-state index contributed by atoms with van der Waals surface area (Å²) in [4.78, 5) is 14.1. The smallest absolute Gasteiger partial charge is 0.321 e. The van der Waals surface area contributed by atoms with E-state index in [0.29, 0.717) is 0 Å². The van der Waals surface area contributed by atoms with Crippen molar-refractivity contribution >= 4 is 22.5 Å². The van der Waals surface area contributed by atoms with Gasteiger partial charge >= 0.3 is 6.03 Å². The van der Waals surface area contributed by atoms with Gasteiger partial charge in [-0.2, -0.15) is 0 Å². The number of nitrogens with zero attached hydrogens (tertiary/aromatic N) is 1. The van der Waals surface area contributed by atoms with Crippen molar-refractivity contribution in [3.05, 3.63) is 42.0 Å². The molecule has 2 amide bonds. The summed E-state index contributed by atoms with van der Waals surface area (Å²) in [6.07, 6.45) is 0. The van der Waals surface area contributed by atoms with E-state index < -0.39 is 0 Å². The number of hydrogen-bond acceptors (Lipinski definition) is 2. The highest BCUT2D eigenvalue weighted by atomic mass is 16.2. The predicted octanol–water partition coefficient (Wildman–Crippen LogP) is 2.59. The van der Waals surface area contributed by atoms with Crippen LogP contribution in [0.4, 0.5) is 10.5 Å². The van der Waals surface area contributed by atoms with Gasteiger partial charge < -0.3 is 15.5 Å². The van der Waals surface area contributed by atoms with Gasteiger partial charge in [0.1, 0.15) is 0 Å². The maximum Gasteiger partial charge on any atom is 0.321 e. The van der Waals surface area contributed by atoms with Crippen molar-refractivity contribution in [3.63, 3.8) is 0 Å². The third kappa shape index (κ3) is 2.47. The van der Waals surface area contributed by atoms with Crippen LogP contribution in [0.3, 0.4) is 0 Å². The van der Waals surface area contributed by atoms with Crippen molar-refractivity contribution < 1.29 is 4.79 Å². The van der Waals surface area contributed by atoms with E-state index in [1.54, 1.807) is 0 Å². The van der Waals surface area contributed by atoms with Crippen LogP contribution in [0.15, 0.2) is 36.4 Å². The van der Waals surface area contributed by atoms with Crippen molar-refractivity contribution in [3.8, 4) is 0 Å². The van der Waals surface area contributed by atoms with E-state index in [1.165, 1.54) is 10.9 Å². The molecule has 0 bridgehead atoms. The lowest BCUT2D eigenvalue weighted by Gasteiger charge is -2.27. The molecule has 1 heterocycles. The Bertz CT molecular complexity index is 633. The van der Waals surface area contributed by atoms with Crippen molar-refractivity contribution in [2.45, 2.75) is 6.92 Å². The van der Waals surface area contributed by atoms with Crippen LogP contribution in [-0.4, -0.2) is 37.1 Å².